The van der Waals surface area contributed by atoms with Crippen molar-refractivity contribution >= 4 is 51.1 Å². The average Bonchev–Trinajstić information content (AvgIpc) is 3.45. The summed E-state index contributed by atoms with van der Waals surface area (Å²) in [4.78, 5) is 7.27. The van der Waals surface area contributed by atoms with Crippen LogP contribution in [0.2, 0.25) is 0 Å². The fourth-order valence-electron chi connectivity index (χ4n) is 6.86. The van der Waals surface area contributed by atoms with Gasteiger partial charge in [0.1, 0.15) is 5.76 Å². The SMILES string of the molecule is C[C@@H]1C=Cc2c(n(-c3cnc4oc5c(c4c3)C3=C(N(c4ccccc4)c4ccccc4)[C@H]3C=C5)c3ccccc23)C1. The van der Waals surface area contributed by atoms with E-state index in [1.807, 2.05) is 6.20 Å². The second kappa shape index (κ2) is 8.45. The van der Waals surface area contributed by atoms with E-state index >= 15 is 0 Å². The van der Waals surface area contributed by atoms with Crippen LogP contribution in [0.5, 0.6) is 0 Å². The van der Waals surface area contributed by atoms with Crippen LogP contribution in [0.25, 0.3) is 45.4 Å². The zero-order valence-corrected chi connectivity index (χ0v) is 22.7. The van der Waals surface area contributed by atoms with E-state index in [1.54, 1.807) is 0 Å². The number of anilines is 2. The van der Waals surface area contributed by atoms with Crippen LogP contribution in [-0.4, -0.2) is 9.55 Å². The van der Waals surface area contributed by atoms with Crippen molar-refractivity contribution in [2.45, 2.75) is 13.3 Å². The van der Waals surface area contributed by atoms with Gasteiger partial charge in [-0.05, 0) is 60.4 Å². The molecular weight excluding hydrogens is 502 g/mol. The second-order valence-electron chi connectivity index (χ2n) is 11.3. The first-order valence-corrected chi connectivity index (χ1v) is 14.3. The first-order valence-electron chi connectivity index (χ1n) is 14.3. The maximum absolute atomic E-state index is 6.35. The smallest absolute Gasteiger partial charge is 0.227 e. The lowest BCUT2D eigenvalue weighted by Crippen LogP contribution is -2.12. The Hall–Kier alpha value is -5.09. The Balaban J connectivity index is 1.25. The number of pyridine rings is 1. The van der Waals surface area contributed by atoms with E-state index in [0.29, 0.717) is 11.6 Å². The molecule has 0 bridgehead atoms. The average molecular weight is 530 g/mol. The van der Waals surface area contributed by atoms with Crippen molar-refractivity contribution in [2.75, 3.05) is 4.90 Å². The Bertz CT molecular complexity index is 2050. The molecule has 2 atom stereocenters. The fourth-order valence-corrected chi connectivity index (χ4v) is 6.86. The summed E-state index contributed by atoms with van der Waals surface area (Å²) >= 11 is 0. The Labute approximate surface area is 238 Å². The van der Waals surface area contributed by atoms with E-state index < -0.39 is 0 Å². The van der Waals surface area contributed by atoms with Gasteiger partial charge >= 0.3 is 0 Å². The molecule has 3 aliphatic carbocycles. The van der Waals surface area contributed by atoms with Crippen LogP contribution in [0.3, 0.4) is 0 Å². The number of rotatable bonds is 4. The van der Waals surface area contributed by atoms with Crippen LogP contribution >= 0.6 is 0 Å². The number of para-hydroxylation sites is 3. The number of furan rings is 1. The number of benzene rings is 3. The number of fused-ring (bicyclic) bond motifs is 8. The van der Waals surface area contributed by atoms with Gasteiger partial charge in [0.15, 0.2) is 0 Å². The van der Waals surface area contributed by atoms with Crippen LogP contribution in [0.15, 0.2) is 119 Å². The molecule has 4 nitrogen and oxygen atoms in total. The molecule has 196 valence electrons. The van der Waals surface area contributed by atoms with Gasteiger partial charge in [-0.3, -0.25) is 0 Å². The van der Waals surface area contributed by atoms with E-state index in [9.17, 15) is 0 Å². The van der Waals surface area contributed by atoms with Crippen molar-refractivity contribution in [3.63, 3.8) is 0 Å². The number of aromatic nitrogens is 2. The highest BCUT2D eigenvalue weighted by Gasteiger charge is 2.45. The molecule has 0 N–H and O–H groups in total. The van der Waals surface area contributed by atoms with Gasteiger partial charge in [0, 0.05) is 45.2 Å². The van der Waals surface area contributed by atoms with Gasteiger partial charge in [-0.15, -0.1) is 0 Å². The Morgan fingerprint density at radius 2 is 1.56 bits per heavy atom. The van der Waals surface area contributed by atoms with Crippen LogP contribution in [0, 0.1) is 11.8 Å². The predicted molar refractivity (Wildman–Crippen MR) is 167 cm³/mol. The van der Waals surface area contributed by atoms with E-state index in [4.69, 9.17) is 9.40 Å². The largest absolute Gasteiger partial charge is 0.438 e. The quantitative estimate of drug-likeness (QED) is 0.228. The molecule has 0 fully saturated rings. The molecule has 3 aliphatic rings. The minimum Gasteiger partial charge on any atom is -0.438 e. The number of nitrogens with zero attached hydrogens (tertiary/aromatic N) is 3. The van der Waals surface area contributed by atoms with Gasteiger partial charge in [0.25, 0.3) is 0 Å². The molecule has 3 aromatic carbocycles. The van der Waals surface area contributed by atoms with Crippen molar-refractivity contribution in [3.05, 3.63) is 138 Å². The summed E-state index contributed by atoms with van der Waals surface area (Å²) < 4.78 is 8.76. The summed E-state index contributed by atoms with van der Waals surface area (Å²) in [5.41, 5.74) is 11.8. The fraction of sp³-hybridized carbons (Fsp3) is 0.108. The molecule has 4 heteroatoms. The molecule has 0 saturated carbocycles. The third-order valence-electron chi connectivity index (χ3n) is 8.72. The van der Waals surface area contributed by atoms with E-state index in [2.05, 4.69) is 132 Å². The van der Waals surface area contributed by atoms with E-state index in [-0.39, 0.29) is 5.92 Å². The van der Waals surface area contributed by atoms with Crippen LogP contribution < -0.4 is 4.90 Å². The minimum absolute atomic E-state index is 0.249. The lowest BCUT2D eigenvalue weighted by atomic mass is 9.95. The van der Waals surface area contributed by atoms with Gasteiger partial charge in [-0.25, -0.2) is 4.98 Å². The summed E-state index contributed by atoms with van der Waals surface area (Å²) in [7, 11) is 0. The molecule has 0 radical (unpaired) electrons. The molecule has 0 saturated heterocycles. The Kier molecular flexibility index (Phi) is 4.68. The standard InChI is InChI=1S/C37H27N3O/c1-23-16-17-28-27-14-8-9-15-31(27)40(32(28)20-23)26-21-30-34-33(41-37(30)38-22-26)19-18-29-35(34)36(29)39(24-10-4-2-5-11-24)25-12-6-3-7-13-25/h2-19,21-23,29H,20H2,1H3/t23-,29+/m1/s1. The summed E-state index contributed by atoms with van der Waals surface area (Å²) in [5.74, 6) is 1.64. The Morgan fingerprint density at radius 3 is 2.34 bits per heavy atom. The Morgan fingerprint density at radius 1 is 0.829 bits per heavy atom. The zero-order chi connectivity index (χ0) is 27.1. The summed E-state index contributed by atoms with van der Waals surface area (Å²) in [6.45, 7) is 2.29. The van der Waals surface area contributed by atoms with Crippen molar-refractivity contribution in [1.82, 2.24) is 9.55 Å². The molecule has 3 aromatic heterocycles. The molecule has 0 amide bonds. The maximum Gasteiger partial charge on any atom is 0.227 e. The third kappa shape index (κ3) is 3.31. The number of hydrogen-bond acceptors (Lipinski definition) is 3. The summed E-state index contributed by atoms with van der Waals surface area (Å²) in [6.07, 6.45) is 12.0. The van der Waals surface area contributed by atoms with Crippen LogP contribution in [-0.2, 0) is 6.42 Å². The van der Waals surface area contributed by atoms with Crippen molar-refractivity contribution < 1.29 is 4.42 Å². The molecule has 6 aromatic rings. The molecule has 41 heavy (non-hydrogen) atoms. The number of hydrogen-bond donors (Lipinski definition) is 0. The maximum atomic E-state index is 6.35. The lowest BCUT2D eigenvalue weighted by Gasteiger charge is -2.23. The topological polar surface area (TPSA) is 34.2 Å². The van der Waals surface area contributed by atoms with Gasteiger partial charge < -0.3 is 13.9 Å². The number of allylic oxidation sites excluding steroid dienone is 3. The van der Waals surface area contributed by atoms with Crippen LogP contribution in [0.4, 0.5) is 11.4 Å². The van der Waals surface area contributed by atoms with E-state index in [1.165, 1.54) is 39.0 Å². The molecule has 0 spiro atoms. The summed E-state index contributed by atoms with van der Waals surface area (Å²) in [5, 5.41) is 2.36. The van der Waals surface area contributed by atoms with Gasteiger partial charge in [-0.1, -0.05) is 79.7 Å². The molecule has 9 rings (SSSR count). The van der Waals surface area contributed by atoms with Crippen molar-refractivity contribution in [2.24, 2.45) is 11.8 Å². The normalized spacial score (nSPS) is 18.5. The molecule has 0 aliphatic heterocycles. The first-order chi connectivity index (χ1) is 20.3. The highest BCUT2D eigenvalue weighted by molar-refractivity contribution is 6.07. The van der Waals surface area contributed by atoms with Gasteiger partial charge in [-0.2, -0.15) is 0 Å². The highest BCUT2D eigenvalue weighted by Crippen LogP contribution is 2.58. The van der Waals surface area contributed by atoms with Crippen LogP contribution in [0.1, 0.15) is 29.5 Å². The minimum atomic E-state index is 0.249. The molecular formula is C37H27N3O. The van der Waals surface area contributed by atoms with Crippen molar-refractivity contribution in [1.29, 1.82) is 0 Å². The second-order valence-corrected chi connectivity index (χ2v) is 11.3. The van der Waals surface area contributed by atoms with Gasteiger partial charge in [0.2, 0.25) is 5.71 Å². The van der Waals surface area contributed by atoms with Crippen molar-refractivity contribution in [3.8, 4) is 5.69 Å². The third-order valence-corrected chi connectivity index (χ3v) is 8.72. The molecule has 3 heterocycles. The first kappa shape index (κ1) is 22.7. The van der Waals surface area contributed by atoms with Gasteiger partial charge in [0.05, 0.1) is 22.8 Å². The monoisotopic (exact) mass is 529 g/mol. The van der Waals surface area contributed by atoms with E-state index in [0.717, 1.165) is 34.6 Å². The summed E-state index contributed by atoms with van der Waals surface area (Å²) in [6, 6.07) is 32.3. The highest BCUT2D eigenvalue weighted by atomic mass is 16.3. The zero-order valence-electron chi connectivity index (χ0n) is 22.7. The molecule has 0 unspecified atom stereocenters. The predicted octanol–water partition coefficient (Wildman–Crippen LogP) is 9.18. The lowest BCUT2D eigenvalue weighted by molar-refractivity contribution is 0.590.